The number of aryl methyl sites for hydroxylation is 2. The zero-order valence-electron chi connectivity index (χ0n) is 15.3. The van der Waals surface area contributed by atoms with Gasteiger partial charge in [-0.05, 0) is 51.8 Å². The van der Waals surface area contributed by atoms with Crippen LogP contribution in [0.3, 0.4) is 0 Å². The summed E-state index contributed by atoms with van der Waals surface area (Å²) in [6.45, 7) is 7.85. The smallest absolute Gasteiger partial charge is 0.258 e. The average molecular weight is 360 g/mol. The Labute approximate surface area is 151 Å². The van der Waals surface area contributed by atoms with Crippen molar-refractivity contribution in [3.05, 3.63) is 52.3 Å². The van der Waals surface area contributed by atoms with Gasteiger partial charge in [-0.15, -0.1) is 0 Å². The molecule has 1 amide bonds. The molecule has 1 aromatic heterocycles. The maximum absolute atomic E-state index is 13.7. The standard InChI is InChI=1S/C19H22F2N4O/c1-10-16(11(2)24-18(22)23-10)17(26)25-8-7-13(19(25,3)4)12-5-6-14(20)15(21)9-12/h5-6,9,13H,7-8H2,1-4H3,(H2,22,23,24). The van der Waals surface area contributed by atoms with Crippen LogP contribution < -0.4 is 5.73 Å². The van der Waals surface area contributed by atoms with E-state index in [1.165, 1.54) is 6.07 Å². The van der Waals surface area contributed by atoms with Crippen LogP contribution in [0.2, 0.25) is 0 Å². The van der Waals surface area contributed by atoms with Crippen molar-refractivity contribution >= 4 is 11.9 Å². The number of rotatable bonds is 2. The summed E-state index contributed by atoms with van der Waals surface area (Å²) < 4.78 is 26.9. The van der Waals surface area contributed by atoms with Gasteiger partial charge in [0.05, 0.1) is 17.0 Å². The summed E-state index contributed by atoms with van der Waals surface area (Å²) in [6, 6.07) is 3.94. The number of halogens is 2. The third kappa shape index (κ3) is 2.91. The second-order valence-electron chi connectivity index (χ2n) is 7.25. The summed E-state index contributed by atoms with van der Waals surface area (Å²) in [4.78, 5) is 23.1. The molecule has 2 N–H and O–H groups in total. The van der Waals surface area contributed by atoms with E-state index in [0.717, 1.165) is 6.07 Å². The Morgan fingerprint density at radius 2 is 1.81 bits per heavy atom. The molecule has 0 radical (unpaired) electrons. The maximum atomic E-state index is 13.7. The number of hydrogen-bond acceptors (Lipinski definition) is 4. The van der Waals surface area contributed by atoms with Crippen LogP contribution in [0.5, 0.6) is 0 Å². The van der Waals surface area contributed by atoms with Gasteiger partial charge < -0.3 is 10.6 Å². The molecule has 0 saturated carbocycles. The molecule has 1 unspecified atom stereocenters. The molecule has 1 aliphatic rings. The van der Waals surface area contributed by atoms with Gasteiger partial charge in [0, 0.05) is 18.0 Å². The largest absolute Gasteiger partial charge is 0.368 e. The monoisotopic (exact) mass is 360 g/mol. The summed E-state index contributed by atoms with van der Waals surface area (Å²) in [6.07, 6.45) is 0.664. The zero-order chi connectivity index (χ0) is 19.2. The molecule has 0 bridgehead atoms. The fourth-order valence-electron chi connectivity index (χ4n) is 3.94. The van der Waals surface area contributed by atoms with E-state index in [2.05, 4.69) is 9.97 Å². The molecule has 2 aromatic rings. The highest BCUT2D eigenvalue weighted by Gasteiger charge is 2.45. The van der Waals surface area contributed by atoms with E-state index in [1.54, 1.807) is 24.8 Å². The normalized spacial score (nSPS) is 19.0. The van der Waals surface area contributed by atoms with Gasteiger partial charge in [0.1, 0.15) is 0 Å². The molecule has 1 aromatic carbocycles. The molecule has 1 atom stereocenters. The van der Waals surface area contributed by atoms with Crippen LogP contribution in [0.15, 0.2) is 18.2 Å². The summed E-state index contributed by atoms with van der Waals surface area (Å²) in [5.74, 6) is -1.88. The van der Waals surface area contributed by atoms with E-state index in [1.807, 2.05) is 13.8 Å². The molecule has 138 valence electrons. The third-order valence-corrected chi connectivity index (χ3v) is 5.28. The zero-order valence-corrected chi connectivity index (χ0v) is 15.3. The van der Waals surface area contributed by atoms with E-state index in [9.17, 15) is 13.6 Å². The number of carbonyl (C=O) groups is 1. The van der Waals surface area contributed by atoms with Crippen molar-refractivity contribution in [2.45, 2.75) is 45.6 Å². The lowest BCUT2D eigenvalue weighted by molar-refractivity contribution is 0.0633. The SMILES string of the molecule is Cc1nc(N)nc(C)c1C(=O)N1CCC(c2ccc(F)c(F)c2)C1(C)C. The van der Waals surface area contributed by atoms with E-state index in [0.29, 0.717) is 35.5 Å². The fraction of sp³-hybridized carbons (Fsp3) is 0.421. The van der Waals surface area contributed by atoms with Crippen molar-refractivity contribution in [3.63, 3.8) is 0 Å². The first-order chi connectivity index (χ1) is 12.1. The van der Waals surface area contributed by atoms with E-state index < -0.39 is 17.2 Å². The molecular formula is C19H22F2N4O. The number of hydrogen-bond donors (Lipinski definition) is 1. The topological polar surface area (TPSA) is 72.1 Å². The quantitative estimate of drug-likeness (QED) is 0.891. The van der Waals surface area contributed by atoms with Crippen molar-refractivity contribution in [3.8, 4) is 0 Å². The third-order valence-electron chi connectivity index (χ3n) is 5.28. The van der Waals surface area contributed by atoms with Crippen molar-refractivity contribution in [1.82, 2.24) is 14.9 Å². The summed E-state index contributed by atoms with van der Waals surface area (Å²) in [5.41, 5.74) is 7.28. The Morgan fingerprint density at radius 3 is 2.38 bits per heavy atom. The molecule has 1 fully saturated rings. The van der Waals surface area contributed by atoms with Crippen LogP contribution in [0.4, 0.5) is 14.7 Å². The van der Waals surface area contributed by atoms with Gasteiger partial charge in [-0.2, -0.15) is 0 Å². The van der Waals surface area contributed by atoms with E-state index in [-0.39, 0.29) is 17.8 Å². The number of carbonyl (C=O) groups excluding carboxylic acids is 1. The predicted octanol–water partition coefficient (Wildman–Crippen LogP) is 3.36. The second kappa shape index (κ2) is 6.30. The minimum Gasteiger partial charge on any atom is -0.368 e. The second-order valence-corrected chi connectivity index (χ2v) is 7.25. The predicted molar refractivity (Wildman–Crippen MR) is 94.7 cm³/mol. The number of benzene rings is 1. The van der Waals surface area contributed by atoms with Gasteiger partial charge >= 0.3 is 0 Å². The van der Waals surface area contributed by atoms with Gasteiger partial charge in [0.2, 0.25) is 5.95 Å². The Hall–Kier alpha value is -2.57. The molecule has 0 aliphatic carbocycles. The summed E-state index contributed by atoms with van der Waals surface area (Å²) >= 11 is 0. The lowest BCUT2D eigenvalue weighted by atomic mass is 9.82. The molecule has 2 heterocycles. The molecular weight excluding hydrogens is 338 g/mol. The highest BCUT2D eigenvalue weighted by molar-refractivity contribution is 5.97. The van der Waals surface area contributed by atoms with Gasteiger partial charge in [0.15, 0.2) is 11.6 Å². The molecule has 3 rings (SSSR count). The van der Waals surface area contributed by atoms with Crippen LogP contribution in [-0.4, -0.2) is 32.9 Å². The lowest BCUT2D eigenvalue weighted by Gasteiger charge is -2.36. The minimum atomic E-state index is -0.873. The first kappa shape index (κ1) is 18.2. The fourth-order valence-corrected chi connectivity index (χ4v) is 3.94. The van der Waals surface area contributed by atoms with Crippen LogP contribution in [0.25, 0.3) is 0 Å². The number of anilines is 1. The lowest BCUT2D eigenvalue weighted by Crippen LogP contribution is -2.46. The van der Waals surface area contributed by atoms with Crippen LogP contribution in [0, 0.1) is 25.5 Å². The Morgan fingerprint density at radius 1 is 1.19 bits per heavy atom. The summed E-state index contributed by atoms with van der Waals surface area (Å²) in [5, 5.41) is 0. The minimum absolute atomic E-state index is 0.100. The number of amides is 1. The van der Waals surface area contributed by atoms with E-state index in [4.69, 9.17) is 5.73 Å². The van der Waals surface area contributed by atoms with Gasteiger partial charge in [-0.25, -0.2) is 18.7 Å². The Bertz CT molecular complexity index is 859. The molecule has 1 aliphatic heterocycles. The molecule has 1 saturated heterocycles. The van der Waals surface area contributed by atoms with Crippen molar-refractivity contribution in [1.29, 1.82) is 0 Å². The first-order valence-corrected chi connectivity index (χ1v) is 8.50. The molecule has 0 spiro atoms. The highest BCUT2D eigenvalue weighted by Crippen LogP contribution is 2.43. The molecule has 7 heteroatoms. The number of nitrogen functional groups attached to an aromatic ring is 1. The van der Waals surface area contributed by atoms with E-state index >= 15 is 0 Å². The Balaban J connectivity index is 1.95. The van der Waals surface area contributed by atoms with Crippen LogP contribution >= 0.6 is 0 Å². The van der Waals surface area contributed by atoms with Gasteiger partial charge in [0.25, 0.3) is 5.91 Å². The average Bonchev–Trinajstić information content (AvgIpc) is 2.84. The highest BCUT2D eigenvalue weighted by atomic mass is 19.2. The van der Waals surface area contributed by atoms with Crippen molar-refractivity contribution in [2.24, 2.45) is 0 Å². The molecule has 5 nitrogen and oxygen atoms in total. The number of nitrogens with two attached hydrogens (primary N) is 1. The number of nitrogens with zero attached hydrogens (tertiary/aromatic N) is 3. The van der Waals surface area contributed by atoms with Crippen LogP contribution in [-0.2, 0) is 0 Å². The maximum Gasteiger partial charge on any atom is 0.258 e. The van der Waals surface area contributed by atoms with Gasteiger partial charge in [-0.1, -0.05) is 6.07 Å². The van der Waals surface area contributed by atoms with Crippen molar-refractivity contribution < 1.29 is 13.6 Å². The first-order valence-electron chi connectivity index (χ1n) is 8.50. The van der Waals surface area contributed by atoms with Crippen LogP contribution in [0.1, 0.15) is 53.5 Å². The summed E-state index contributed by atoms with van der Waals surface area (Å²) in [7, 11) is 0. The van der Waals surface area contributed by atoms with Crippen molar-refractivity contribution in [2.75, 3.05) is 12.3 Å². The number of aromatic nitrogens is 2. The Kier molecular flexibility index (Phi) is 4.42. The van der Waals surface area contributed by atoms with Gasteiger partial charge in [-0.3, -0.25) is 4.79 Å². The molecule has 26 heavy (non-hydrogen) atoms. The number of likely N-dealkylation sites (tertiary alicyclic amines) is 1.